The molecule has 2 fully saturated rings. The normalized spacial score (nSPS) is 18.1. The molecule has 4 rings (SSSR count). The van der Waals surface area contributed by atoms with Crippen molar-refractivity contribution in [2.24, 2.45) is 5.92 Å². The quantitative estimate of drug-likeness (QED) is 0.798. The summed E-state index contributed by atoms with van der Waals surface area (Å²) in [5.41, 5.74) is 2.36. The molecule has 6 nitrogen and oxygen atoms in total. The van der Waals surface area contributed by atoms with E-state index in [2.05, 4.69) is 5.10 Å². The van der Waals surface area contributed by atoms with Gasteiger partial charge < -0.3 is 9.80 Å². The van der Waals surface area contributed by atoms with Crippen molar-refractivity contribution in [2.45, 2.75) is 45.4 Å². The molecule has 0 spiro atoms. The van der Waals surface area contributed by atoms with Gasteiger partial charge in [0.25, 0.3) is 5.91 Å². The molecular formula is C23H30N4O2. The van der Waals surface area contributed by atoms with E-state index in [0.717, 1.165) is 50.2 Å². The Morgan fingerprint density at radius 2 is 1.66 bits per heavy atom. The Labute approximate surface area is 172 Å². The van der Waals surface area contributed by atoms with Crippen LogP contribution < -0.4 is 0 Å². The van der Waals surface area contributed by atoms with Gasteiger partial charge in [0.05, 0.1) is 16.9 Å². The minimum atomic E-state index is 0.0467. The van der Waals surface area contributed by atoms with Crippen molar-refractivity contribution in [1.82, 2.24) is 19.6 Å². The van der Waals surface area contributed by atoms with Crippen molar-refractivity contribution in [2.75, 3.05) is 26.2 Å². The maximum atomic E-state index is 13.0. The van der Waals surface area contributed by atoms with Crippen LogP contribution in [0.1, 0.15) is 54.6 Å². The summed E-state index contributed by atoms with van der Waals surface area (Å²) in [7, 11) is 0. The summed E-state index contributed by atoms with van der Waals surface area (Å²) in [6, 6.07) is 9.84. The van der Waals surface area contributed by atoms with Crippen molar-refractivity contribution < 1.29 is 9.59 Å². The molecular weight excluding hydrogens is 364 g/mol. The third kappa shape index (κ3) is 4.52. The largest absolute Gasteiger partial charge is 0.343 e. The number of piperidine rings is 2. The van der Waals surface area contributed by atoms with E-state index in [9.17, 15) is 9.59 Å². The van der Waals surface area contributed by atoms with E-state index in [1.54, 1.807) is 4.68 Å². The van der Waals surface area contributed by atoms with Crippen LogP contribution in [-0.2, 0) is 4.79 Å². The minimum Gasteiger partial charge on any atom is -0.343 e. The molecule has 6 heteroatoms. The van der Waals surface area contributed by atoms with Crippen LogP contribution in [0.2, 0.25) is 0 Å². The first kappa shape index (κ1) is 19.7. The van der Waals surface area contributed by atoms with Crippen LogP contribution in [0.3, 0.4) is 0 Å². The molecule has 0 aliphatic carbocycles. The number of aryl methyl sites for hydroxylation is 1. The van der Waals surface area contributed by atoms with E-state index in [-0.39, 0.29) is 5.91 Å². The summed E-state index contributed by atoms with van der Waals surface area (Å²) in [6.45, 7) is 5.15. The van der Waals surface area contributed by atoms with Crippen LogP contribution in [0.15, 0.2) is 36.5 Å². The molecule has 1 aromatic heterocycles. The second-order valence-electron chi connectivity index (χ2n) is 8.29. The Morgan fingerprint density at radius 1 is 0.966 bits per heavy atom. The molecule has 2 aliphatic rings. The highest BCUT2D eigenvalue weighted by Crippen LogP contribution is 2.24. The lowest BCUT2D eigenvalue weighted by molar-refractivity contribution is -0.133. The average Bonchev–Trinajstić information content (AvgIpc) is 3.16. The smallest absolute Gasteiger partial charge is 0.257 e. The molecule has 3 heterocycles. The lowest BCUT2D eigenvalue weighted by Gasteiger charge is -2.33. The zero-order valence-electron chi connectivity index (χ0n) is 17.2. The van der Waals surface area contributed by atoms with Gasteiger partial charge in [-0.3, -0.25) is 9.59 Å². The summed E-state index contributed by atoms with van der Waals surface area (Å²) >= 11 is 0. The first-order valence-corrected chi connectivity index (χ1v) is 10.8. The second-order valence-corrected chi connectivity index (χ2v) is 8.29. The third-order valence-corrected chi connectivity index (χ3v) is 6.22. The third-order valence-electron chi connectivity index (χ3n) is 6.22. The van der Waals surface area contributed by atoms with Gasteiger partial charge in [0.1, 0.15) is 0 Å². The zero-order chi connectivity index (χ0) is 20.2. The monoisotopic (exact) mass is 394 g/mol. The van der Waals surface area contributed by atoms with Gasteiger partial charge in [-0.05, 0) is 57.1 Å². The van der Waals surface area contributed by atoms with Crippen molar-refractivity contribution in [3.05, 3.63) is 47.8 Å². The number of rotatable bonds is 4. The maximum absolute atomic E-state index is 13.0. The van der Waals surface area contributed by atoms with Gasteiger partial charge >= 0.3 is 0 Å². The summed E-state index contributed by atoms with van der Waals surface area (Å²) in [5.74, 6) is 0.738. The van der Waals surface area contributed by atoms with Crippen LogP contribution in [0.25, 0.3) is 5.69 Å². The van der Waals surface area contributed by atoms with E-state index in [1.807, 2.05) is 53.3 Å². The van der Waals surface area contributed by atoms with Crippen LogP contribution in [0, 0.1) is 12.8 Å². The summed E-state index contributed by atoms with van der Waals surface area (Å²) < 4.78 is 1.77. The van der Waals surface area contributed by atoms with E-state index in [0.29, 0.717) is 36.9 Å². The number of carbonyl (C=O) groups excluding carboxylic acids is 2. The fraction of sp³-hybridized carbons (Fsp3) is 0.522. The Morgan fingerprint density at radius 3 is 2.34 bits per heavy atom. The average molecular weight is 395 g/mol. The molecule has 0 atom stereocenters. The second kappa shape index (κ2) is 8.80. The molecule has 29 heavy (non-hydrogen) atoms. The molecule has 0 bridgehead atoms. The number of carbonyl (C=O) groups is 2. The first-order valence-electron chi connectivity index (χ1n) is 10.8. The molecule has 1 aromatic carbocycles. The van der Waals surface area contributed by atoms with Crippen LogP contribution in [-0.4, -0.2) is 57.6 Å². The van der Waals surface area contributed by atoms with E-state index in [1.165, 1.54) is 6.42 Å². The number of benzene rings is 1. The fourth-order valence-electron chi connectivity index (χ4n) is 4.41. The number of para-hydroxylation sites is 1. The summed E-state index contributed by atoms with van der Waals surface area (Å²) in [6.07, 6.45) is 7.77. The molecule has 0 saturated carbocycles. The standard InChI is InChI=1S/C23H30N4O2/c1-18-21(17-27(24-18)20-8-4-2-5-9-20)23(29)26-14-10-19(11-15-26)16-22(28)25-12-6-3-7-13-25/h2,4-5,8-9,17,19H,3,6-7,10-16H2,1H3. The molecule has 0 N–H and O–H groups in total. The highest BCUT2D eigenvalue weighted by molar-refractivity contribution is 5.95. The molecule has 2 saturated heterocycles. The van der Waals surface area contributed by atoms with Crippen molar-refractivity contribution in [3.8, 4) is 5.69 Å². The van der Waals surface area contributed by atoms with Crippen molar-refractivity contribution >= 4 is 11.8 Å². The molecule has 2 amide bonds. The first-order chi connectivity index (χ1) is 14.1. The molecule has 2 aromatic rings. The van der Waals surface area contributed by atoms with Crippen LogP contribution in [0.5, 0.6) is 0 Å². The lowest BCUT2D eigenvalue weighted by Crippen LogP contribution is -2.41. The minimum absolute atomic E-state index is 0.0467. The van der Waals surface area contributed by atoms with Crippen LogP contribution in [0.4, 0.5) is 0 Å². The Hall–Kier alpha value is -2.63. The number of hydrogen-bond acceptors (Lipinski definition) is 3. The number of amides is 2. The Kier molecular flexibility index (Phi) is 5.97. The Bertz CT molecular complexity index is 847. The molecule has 0 unspecified atom stereocenters. The van der Waals surface area contributed by atoms with E-state index in [4.69, 9.17) is 0 Å². The highest BCUT2D eigenvalue weighted by Gasteiger charge is 2.28. The van der Waals surface area contributed by atoms with Crippen molar-refractivity contribution in [3.63, 3.8) is 0 Å². The Balaban J connectivity index is 1.33. The molecule has 0 radical (unpaired) electrons. The lowest BCUT2D eigenvalue weighted by atomic mass is 9.92. The van der Waals surface area contributed by atoms with Gasteiger partial charge in [-0.25, -0.2) is 4.68 Å². The number of aromatic nitrogens is 2. The van der Waals surface area contributed by atoms with Gasteiger partial charge in [-0.15, -0.1) is 0 Å². The van der Waals surface area contributed by atoms with Gasteiger partial charge in [0.15, 0.2) is 0 Å². The maximum Gasteiger partial charge on any atom is 0.257 e. The summed E-state index contributed by atoms with van der Waals surface area (Å²) in [4.78, 5) is 29.5. The molecule has 154 valence electrons. The number of hydrogen-bond donors (Lipinski definition) is 0. The zero-order valence-corrected chi connectivity index (χ0v) is 17.2. The predicted molar refractivity (Wildman–Crippen MR) is 112 cm³/mol. The van der Waals surface area contributed by atoms with Gasteiger partial charge in [-0.2, -0.15) is 5.10 Å². The predicted octanol–water partition coefficient (Wildman–Crippen LogP) is 3.44. The number of nitrogens with zero attached hydrogens (tertiary/aromatic N) is 4. The number of likely N-dealkylation sites (tertiary alicyclic amines) is 2. The highest BCUT2D eigenvalue weighted by atomic mass is 16.2. The fourth-order valence-corrected chi connectivity index (χ4v) is 4.41. The summed E-state index contributed by atoms with van der Waals surface area (Å²) in [5, 5.41) is 4.52. The van der Waals surface area contributed by atoms with Gasteiger partial charge in [0, 0.05) is 38.8 Å². The van der Waals surface area contributed by atoms with Gasteiger partial charge in [0.2, 0.25) is 5.91 Å². The SMILES string of the molecule is Cc1nn(-c2ccccc2)cc1C(=O)N1CCC(CC(=O)N2CCCCC2)CC1. The molecule has 2 aliphatic heterocycles. The van der Waals surface area contributed by atoms with E-state index >= 15 is 0 Å². The van der Waals surface area contributed by atoms with Crippen molar-refractivity contribution in [1.29, 1.82) is 0 Å². The topological polar surface area (TPSA) is 58.4 Å². The van der Waals surface area contributed by atoms with Gasteiger partial charge in [-0.1, -0.05) is 18.2 Å². The van der Waals surface area contributed by atoms with Crippen LogP contribution >= 0.6 is 0 Å². The van der Waals surface area contributed by atoms with E-state index < -0.39 is 0 Å².